The van der Waals surface area contributed by atoms with Gasteiger partial charge in [-0.2, -0.15) is 0 Å². The molecule has 0 atom stereocenters. The van der Waals surface area contributed by atoms with E-state index in [0.29, 0.717) is 12.8 Å². The Labute approximate surface area is 90.2 Å². The summed E-state index contributed by atoms with van der Waals surface area (Å²) in [6, 6.07) is 0. The van der Waals surface area contributed by atoms with Gasteiger partial charge in [-0.3, -0.25) is 4.79 Å². The van der Waals surface area contributed by atoms with Gasteiger partial charge in [0, 0.05) is 6.42 Å². The van der Waals surface area contributed by atoms with E-state index in [9.17, 15) is 13.2 Å². The lowest BCUT2D eigenvalue weighted by Gasteiger charge is -2.21. The fourth-order valence-corrected chi connectivity index (χ4v) is 2.92. The van der Waals surface area contributed by atoms with Crippen LogP contribution in [0.5, 0.6) is 0 Å². The molecule has 0 amide bonds. The molecular formula is C9H17NO4S. The average molecular weight is 235 g/mol. The lowest BCUT2D eigenvalue weighted by Crippen LogP contribution is -2.36. The second-order valence-electron chi connectivity index (χ2n) is 3.72. The Kier molecular flexibility index (Phi) is 4.53. The van der Waals surface area contributed by atoms with E-state index in [1.54, 1.807) is 6.92 Å². The summed E-state index contributed by atoms with van der Waals surface area (Å²) in [5.41, 5.74) is 0. The van der Waals surface area contributed by atoms with Crippen molar-refractivity contribution >= 4 is 16.0 Å². The molecule has 88 valence electrons. The molecule has 0 spiro atoms. The Hall–Kier alpha value is -0.620. The highest BCUT2D eigenvalue weighted by Gasteiger charge is 2.28. The summed E-state index contributed by atoms with van der Waals surface area (Å²) in [6.07, 6.45) is 4.40. The van der Waals surface area contributed by atoms with Crippen LogP contribution in [0.3, 0.4) is 0 Å². The summed E-state index contributed by atoms with van der Waals surface area (Å²) >= 11 is 0. The summed E-state index contributed by atoms with van der Waals surface area (Å²) in [4.78, 5) is 17.1. The first-order chi connectivity index (χ1) is 7.06. The molecule has 5 nitrogen and oxygen atoms in total. The Balaban J connectivity index is 2.46. The third-order valence-corrected chi connectivity index (χ3v) is 4.22. The highest BCUT2D eigenvalue weighted by molar-refractivity contribution is 7.90. The zero-order chi connectivity index (χ0) is 11.3. The standard InChI is InChI=1S/C9H17NO4S/c1-2-9(11)14-10-15(12,13)8-6-4-3-5-7-8/h8,10H,2-7H2,1H3. The SMILES string of the molecule is CCC(=O)ONS(=O)(=O)C1CCCCC1. The van der Waals surface area contributed by atoms with Crippen LogP contribution < -0.4 is 4.89 Å². The second-order valence-corrected chi connectivity index (χ2v) is 5.64. The normalized spacial score (nSPS) is 18.7. The first kappa shape index (κ1) is 12.4. The molecule has 0 unspecified atom stereocenters. The van der Waals surface area contributed by atoms with Gasteiger partial charge in [0.15, 0.2) is 0 Å². The number of hydrogen-bond donors (Lipinski definition) is 1. The monoisotopic (exact) mass is 235 g/mol. The topological polar surface area (TPSA) is 72.5 Å². The molecule has 0 radical (unpaired) electrons. The van der Waals surface area contributed by atoms with Gasteiger partial charge in [0.1, 0.15) is 0 Å². The summed E-state index contributed by atoms with van der Waals surface area (Å²) in [6.45, 7) is 1.61. The van der Waals surface area contributed by atoms with Gasteiger partial charge >= 0.3 is 5.97 Å². The van der Waals surface area contributed by atoms with Gasteiger partial charge in [0.25, 0.3) is 0 Å². The van der Waals surface area contributed by atoms with Crippen LogP contribution in [-0.2, 0) is 19.7 Å². The highest BCUT2D eigenvalue weighted by Crippen LogP contribution is 2.22. The molecule has 0 aromatic heterocycles. The van der Waals surface area contributed by atoms with Gasteiger partial charge in [0.05, 0.1) is 5.25 Å². The fourth-order valence-electron chi connectivity index (χ4n) is 1.62. The van der Waals surface area contributed by atoms with Crippen molar-refractivity contribution in [2.45, 2.75) is 50.7 Å². The molecule has 6 heteroatoms. The molecule has 0 aromatic rings. The Bertz CT molecular complexity index is 306. The number of carbonyl (C=O) groups excluding carboxylic acids is 1. The van der Waals surface area contributed by atoms with Crippen molar-refractivity contribution in [1.29, 1.82) is 0 Å². The molecule has 0 aromatic carbocycles. The van der Waals surface area contributed by atoms with E-state index in [1.165, 1.54) is 0 Å². The molecule has 1 N–H and O–H groups in total. The average Bonchev–Trinajstić information content (AvgIpc) is 2.27. The number of hydrogen-bond acceptors (Lipinski definition) is 4. The maximum atomic E-state index is 11.6. The summed E-state index contributed by atoms with van der Waals surface area (Å²) in [7, 11) is -3.48. The van der Waals surface area contributed by atoms with E-state index in [2.05, 4.69) is 4.84 Å². The number of rotatable bonds is 4. The summed E-state index contributed by atoms with van der Waals surface area (Å²) < 4.78 is 23.2. The maximum absolute atomic E-state index is 11.6. The van der Waals surface area contributed by atoms with Crippen LogP contribution in [0.4, 0.5) is 0 Å². The van der Waals surface area contributed by atoms with Gasteiger partial charge in [-0.25, -0.2) is 8.42 Å². The largest absolute Gasteiger partial charge is 0.356 e. The van der Waals surface area contributed by atoms with Crippen molar-refractivity contribution in [3.8, 4) is 0 Å². The minimum absolute atomic E-state index is 0.160. The fraction of sp³-hybridized carbons (Fsp3) is 0.889. The molecule has 0 heterocycles. The van der Waals surface area contributed by atoms with Gasteiger partial charge in [-0.15, -0.1) is 0 Å². The molecule has 0 aliphatic heterocycles. The van der Waals surface area contributed by atoms with Crippen molar-refractivity contribution in [2.24, 2.45) is 0 Å². The molecule has 1 rings (SSSR count). The first-order valence-corrected chi connectivity index (χ1v) is 6.81. The first-order valence-electron chi connectivity index (χ1n) is 5.26. The van der Waals surface area contributed by atoms with Crippen LogP contribution >= 0.6 is 0 Å². The predicted molar refractivity (Wildman–Crippen MR) is 55.3 cm³/mol. The van der Waals surface area contributed by atoms with E-state index in [0.717, 1.165) is 19.3 Å². The lowest BCUT2D eigenvalue weighted by molar-refractivity contribution is -0.146. The molecular weight excluding hydrogens is 218 g/mol. The second kappa shape index (κ2) is 5.46. The van der Waals surface area contributed by atoms with Crippen molar-refractivity contribution in [3.05, 3.63) is 0 Å². The summed E-state index contributed by atoms with van der Waals surface area (Å²) in [5.74, 6) is -0.561. The molecule has 0 bridgehead atoms. The van der Waals surface area contributed by atoms with Gasteiger partial charge in [0.2, 0.25) is 10.0 Å². The van der Waals surface area contributed by atoms with Crippen LogP contribution in [0.15, 0.2) is 0 Å². The van der Waals surface area contributed by atoms with Crippen LogP contribution in [0.2, 0.25) is 0 Å². The molecule has 1 aliphatic rings. The summed E-state index contributed by atoms with van der Waals surface area (Å²) in [5, 5.41) is -0.407. The number of nitrogens with one attached hydrogen (secondary N) is 1. The van der Waals surface area contributed by atoms with E-state index in [-0.39, 0.29) is 6.42 Å². The number of carbonyl (C=O) groups is 1. The molecule has 1 fully saturated rings. The molecule has 1 saturated carbocycles. The van der Waals surface area contributed by atoms with Crippen LogP contribution in [-0.4, -0.2) is 19.6 Å². The van der Waals surface area contributed by atoms with Crippen molar-refractivity contribution in [2.75, 3.05) is 0 Å². The van der Waals surface area contributed by atoms with E-state index in [1.807, 2.05) is 4.89 Å². The van der Waals surface area contributed by atoms with Crippen LogP contribution in [0.1, 0.15) is 45.4 Å². The molecule has 1 aliphatic carbocycles. The minimum Gasteiger partial charge on any atom is -0.356 e. The number of sulfonamides is 1. The Morgan fingerprint density at radius 2 is 1.93 bits per heavy atom. The van der Waals surface area contributed by atoms with Gasteiger partial charge < -0.3 is 4.84 Å². The van der Waals surface area contributed by atoms with Crippen LogP contribution in [0, 0.1) is 0 Å². The van der Waals surface area contributed by atoms with E-state index >= 15 is 0 Å². The van der Waals surface area contributed by atoms with Gasteiger partial charge in [-0.1, -0.05) is 26.2 Å². The minimum atomic E-state index is -3.48. The lowest BCUT2D eigenvalue weighted by atomic mass is 10.0. The van der Waals surface area contributed by atoms with Crippen molar-refractivity contribution in [1.82, 2.24) is 4.89 Å². The zero-order valence-electron chi connectivity index (χ0n) is 8.86. The molecule has 15 heavy (non-hydrogen) atoms. The Morgan fingerprint density at radius 3 is 2.47 bits per heavy atom. The smallest absolute Gasteiger partial charge is 0.325 e. The maximum Gasteiger partial charge on any atom is 0.325 e. The van der Waals surface area contributed by atoms with Crippen molar-refractivity contribution in [3.63, 3.8) is 0 Å². The van der Waals surface area contributed by atoms with Crippen molar-refractivity contribution < 1.29 is 18.0 Å². The van der Waals surface area contributed by atoms with Crippen LogP contribution in [0.25, 0.3) is 0 Å². The predicted octanol–water partition coefficient (Wildman–Crippen LogP) is 1.11. The third kappa shape index (κ3) is 3.79. The van der Waals surface area contributed by atoms with E-state index < -0.39 is 21.2 Å². The van der Waals surface area contributed by atoms with Gasteiger partial charge in [-0.05, 0) is 17.7 Å². The molecule has 0 saturated heterocycles. The Morgan fingerprint density at radius 1 is 1.33 bits per heavy atom. The highest BCUT2D eigenvalue weighted by atomic mass is 32.2. The quantitative estimate of drug-likeness (QED) is 0.741. The zero-order valence-corrected chi connectivity index (χ0v) is 9.68. The van der Waals surface area contributed by atoms with E-state index in [4.69, 9.17) is 0 Å². The third-order valence-electron chi connectivity index (χ3n) is 2.55.